The van der Waals surface area contributed by atoms with E-state index in [-0.39, 0.29) is 33.6 Å². The second-order valence-electron chi connectivity index (χ2n) is 6.91. The highest BCUT2D eigenvalue weighted by molar-refractivity contribution is 7.89. The number of nitrogens with zero attached hydrogens (tertiary/aromatic N) is 2. The van der Waals surface area contributed by atoms with Crippen LogP contribution in [0.2, 0.25) is 5.02 Å². The molecule has 1 amide bonds. The summed E-state index contributed by atoms with van der Waals surface area (Å²) in [5.41, 5.74) is 0.649. The zero-order valence-electron chi connectivity index (χ0n) is 17.5. The third-order valence-corrected chi connectivity index (χ3v) is 6.65. The van der Waals surface area contributed by atoms with Gasteiger partial charge in [0.15, 0.2) is 0 Å². The Morgan fingerprint density at radius 1 is 1.09 bits per heavy atom. The van der Waals surface area contributed by atoms with Gasteiger partial charge in [0, 0.05) is 17.6 Å². The highest BCUT2D eigenvalue weighted by Crippen LogP contribution is 2.29. The van der Waals surface area contributed by atoms with Gasteiger partial charge < -0.3 is 10.1 Å². The van der Waals surface area contributed by atoms with Gasteiger partial charge >= 0.3 is 0 Å². The molecule has 9 nitrogen and oxygen atoms in total. The molecule has 11 heteroatoms. The minimum atomic E-state index is -4.08. The van der Waals surface area contributed by atoms with Crippen LogP contribution in [-0.4, -0.2) is 37.2 Å². The minimum absolute atomic E-state index is 0.0494. The maximum Gasteiger partial charge on any atom is 0.273 e. The SMILES string of the molecule is COc1cc([N+](=O)[O-])ccc1NC(=O)CN(Cc1ccccc1)S(=O)(=O)c1cccc(Cl)c1. The van der Waals surface area contributed by atoms with Gasteiger partial charge in [-0.05, 0) is 29.8 Å². The van der Waals surface area contributed by atoms with Crippen molar-refractivity contribution in [2.75, 3.05) is 19.0 Å². The van der Waals surface area contributed by atoms with E-state index in [2.05, 4.69) is 5.32 Å². The van der Waals surface area contributed by atoms with Gasteiger partial charge in [-0.2, -0.15) is 4.31 Å². The second-order valence-corrected chi connectivity index (χ2v) is 9.28. The number of ether oxygens (including phenoxy) is 1. The van der Waals surface area contributed by atoms with Gasteiger partial charge in [0.25, 0.3) is 5.69 Å². The molecule has 172 valence electrons. The summed E-state index contributed by atoms with van der Waals surface area (Å²) >= 11 is 5.97. The van der Waals surface area contributed by atoms with E-state index in [4.69, 9.17) is 16.3 Å². The fourth-order valence-electron chi connectivity index (χ4n) is 3.04. The number of non-ortho nitro benzene ring substituents is 1. The zero-order valence-corrected chi connectivity index (χ0v) is 19.0. The van der Waals surface area contributed by atoms with Crippen molar-refractivity contribution < 1.29 is 22.9 Å². The first-order chi connectivity index (χ1) is 15.7. The number of nitrogens with one attached hydrogen (secondary N) is 1. The van der Waals surface area contributed by atoms with Crippen LogP contribution in [0.25, 0.3) is 0 Å². The van der Waals surface area contributed by atoms with Gasteiger partial charge in [0.2, 0.25) is 15.9 Å². The number of nitro groups is 1. The van der Waals surface area contributed by atoms with Crippen molar-refractivity contribution in [1.29, 1.82) is 0 Å². The number of carbonyl (C=O) groups is 1. The van der Waals surface area contributed by atoms with Crippen LogP contribution in [-0.2, 0) is 21.4 Å². The van der Waals surface area contributed by atoms with Crippen LogP contribution in [0.5, 0.6) is 5.75 Å². The third kappa shape index (κ3) is 6.07. The fourth-order valence-corrected chi connectivity index (χ4v) is 4.72. The highest BCUT2D eigenvalue weighted by Gasteiger charge is 2.27. The number of nitro benzene ring substituents is 1. The molecule has 0 saturated heterocycles. The number of halogens is 1. The van der Waals surface area contributed by atoms with Gasteiger partial charge in [0.05, 0.1) is 35.2 Å². The maximum atomic E-state index is 13.3. The normalized spacial score (nSPS) is 11.2. The first-order valence-corrected chi connectivity index (χ1v) is 11.4. The number of rotatable bonds is 9. The highest BCUT2D eigenvalue weighted by atomic mass is 35.5. The van der Waals surface area contributed by atoms with Crippen molar-refractivity contribution in [1.82, 2.24) is 4.31 Å². The van der Waals surface area contributed by atoms with Crippen molar-refractivity contribution in [2.45, 2.75) is 11.4 Å². The van der Waals surface area contributed by atoms with E-state index in [0.29, 0.717) is 5.56 Å². The van der Waals surface area contributed by atoms with Crippen LogP contribution < -0.4 is 10.1 Å². The molecule has 0 fully saturated rings. The number of methoxy groups -OCH3 is 1. The Bertz CT molecular complexity index is 1270. The summed E-state index contributed by atoms with van der Waals surface area (Å²) in [6, 6.07) is 18.3. The molecule has 0 heterocycles. The molecule has 1 N–H and O–H groups in total. The smallest absolute Gasteiger partial charge is 0.273 e. The van der Waals surface area contributed by atoms with Crippen LogP contribution in [0.1, 0.15) is 5.56 Å². The summed E-state index contributed by atoms with van der Waals surface area (Å²) in [7, 11) is -2.77. The lowest BCUT2D eigenvalue weighted by Crippen LogP contribution is -2.37. The average Bonchev–Trinajstić information content (AvgIpc) is 2.79. The zero-order chi connectivity index (χ0) is 24.0. The monoisotopic (exact) mass is 489 g/mol. The molecule has 3 rings (SSSR count). The maximum absolute atomic E-state index is 13.3. The van der Waals surface area contributed by atoms with Gasteiger partial charge in [-0.25, -0.2) is 8.42 Å². The van der Waals surface area contributed by atoms with Crippen LogP contribution in [0.4, 0.5) is 11.4 Å². The van der Waals surface area contributed by atoms with Crippen LogP contribution in [0.3, 0.4) is 0 Å². The standard InChI is InChI=1S/C22H20ClN3O6S/c1-32-21-13-18(26(28)29)10-11-20(21)24-22(27)15-25(14-16-6-3-2-4-7-16)33(30,31)19-9-5-8-17(23)12-19/h2-13H,14-15H2,1H3,(H,24,27). The number of hydrogen-bond acceptors (Lipinski definition) is 6. The molecule has 3 aromatic rings. The molecule has 0 bridgehead atoms. The molecule has 33 heavy (non-hydrogen) atoms. The van der Waals surface area contributed by atoms with E-state index in [0.717, 1.165) is 4.31 Å². The Labute approximate surface area is 195 Å². The molecule has 0 aliphatic heterocycles. The van der Waals surface area contributed by atoms with Crippen molar-refractivity contribution >= 4 is 38.9 Å². The molecular formula is C22H20ClN3O6S. The van der Waals surface area contributed by atoms with Gasteiger partial charge in [-0.3, -0.25) is 14.9 Å². The molecule has 3 aromatic carbocycles. The van der Waals surface area contributed by atoms with Gasteiger partial charge in [0.1, 0.15) is 5.75 Å². The molecule has 0 aliphatic carbocycles. The first-order valence-electron chi connectivity index (χ1n) is 9.62. The second kappa shape index (κ2) is 10.4. The van der Waals surface area contributed by atoms with E-state index in [1.807, 2.05) is 0 Å². The largest absolute Gasteiger partial charge is 0.494 e. The lowest BCUT2D eigenvalue weighted by Gasteiger charge is -2.22. The van der Waals surface area contributed by atoms with E-state index in [9.17, 15) is 23.3 Å². The molecule has 0 unspecified atom stereocenters. The van der Waals surface area contributed by atoms with Gasteiger partial charge in [-0.15, -0.1) is 0 Å². The Kier molecular flexibility index (Phi) is 7.64. The average molecular weight is 490 g/mol. The molecule has 0 spiro atoms. The summed E-state index contributed by atoms with van der Waals surface area (Å²) in [5, 5.41) is 13.8. The predicted octanol–water partition coefficient (Wildman–Crippen LogP) is 4.09. The lowest BCUT2D eigenvalue weighted by molar-refractivity contribution is -0.384. The van der Waals surface area contributed by atoms with E-state index < -0.39 is 27.4 Å². The van der Waals surface area contributed by atoms with Crippen molar-refractivity contribution in [2.24, 2.45) is 0 Å². The number of anilines is 1. The topological polar surface area (TPSA) is 119 Å². The number of benzene rings is 3. The van der Waals surface area contributed by atoms with Crippen molar-refractivity contribution in [3.8, 4) is 5.75 Å². The van der Waals surface area contributed by atoms with E-state index in [1.54, 1.807) is 36.4 Å². The van der Waals surface area contributed by atoms with E-state index in [1.165, 1.54) is 43.5 Å². The Hall–Kier alpha value is -3.47. The summed E-state index contributed by atoms with van der Waals surface area (Å²) in [5.74, 6) is -0.575. The minimum Gasteiger partial charge on any atom is -0.494 e. The molecular weight excluding hydrogens is 470 g/mol. The molecule has 0 aromatic heterocycles. The lowest BCUT2D eigenvalue weighted by atomic mass is 10.2. The molecule has 0 radical (unpaired) electrons. The van der Waals surface area contributed by atoms with Crippen molar-refractivity contribution in [3.05, 3.63) is 93.5 Å². The van der Waals surface area contributed by atoms with Crippen LogP contribution >= 0.6 is 11.6 Å². The van der Waals surface area contributed by atoms with Crippen LogP contribution in [0, 0.1) is 10.1 Å². The van der Waals surface area contributed by atoms with Crippen LogP contribution in [0.15, 0.2) is 77.7 Å². The molecule has 0 atom stereocenters. The third-order valence-electron chi connectivity index (χ3n) is 4.63. The van der Waals surface area contributed by atoms with E-state index >= 15 is 0 Å². The Morgan fingerprint density at radius 2 is 1.82 bits per heavy atom. The van der Waals surface area contributed by atoms with Crippen molar-refractivity contribution in [3.63, 3.8) is 0 Å². The first kappa shape index (κ1) is 24.2. The summed E-state index contributed by atoms with van der Waals surface area (Å²) < 4.78 is 32.8. The predicted molar refractivity (Wildman–Crippen MR) is 124 cm³/mol. The summed E-state index contributed by atoms with van der Waals surface area (Å²) in [6.07, 6.45) is 0. The number of sulfonamides is 1. The van der Waals surface area contributed by atoms with Gasteiger partial charge in [-0.1, -0.05) is 48.0 Å². The number of amides is 1. The number of carbonyl (C=O) groups excluding carboxylic acids is 1. The Morgan fingerprint density at radius 3 is 2.45 bits per heavy atom. The Balaban J connectivity index is 1.89. The quantitative estimate of drug-likeness (QED) is 0.357. The number of hydrogen-bond donors (Lipinski definition) is 1. The summed E-state index contributed by atoms with van der Waals surface area (Å²) in [6.45, 7) is -0.565. The fraction of sp³-hybridized carbons (Fsp3) is 0.136. The molecule has 0 aliphatic rings. The molecule has 0 saturated carbocycles. The summed E-state index contributed by atoms with van der Waals surface area (Å²) in [4.78, 5) is 23.1.